The fourth-order valence-electron chi connectivity index (χ4n) is 4.82. The normalized spacial score (nSPS) is 26.6. The smallest absolute Gasteiger partial charge is 0.234 e. The van der Waals surface area contributed by atoms with Crippen LogP contribution >= 0.6 is 11.3 Å². The maximum Gasteiger partial charge on any atom is 0.234 e. The number of aliphatic hydroxyl groups is 1. The first-order valence-corrected chi connectivity index (χ1v) is 10.9. The molecule has 2 aromatic rings. The van der Waals surface area contributed by atoms with Crippen molar-refractivity contribution in [1.29, 1.82) is 0 Å². The molecule has 2 bridgehead atoms. The van der Waals surface area contributed by atoms with Crippen molar-refractivity contribution >= 4 is 17.2 Å². The maximum absolute atomic E-state index is 14.1. The van der Waals surface area contributed by atoms with Gasteiger partial charge < -0.3 is 10.4 Å². The summed E-state index contributed by atoms with van der Waals surface area (Å²) in [5, 5.41) is 16.1. The Hall–Kier alpha value is -1.83. The number of carbonyl (C=O) groups excluding carboxylic acids is 1. The van der Waals surface area contributed by atoms with Crippen LogP contribution in [0.4, 0.5) is 8.78 Å². The molecule has 156 valence electrons. The second kappa shape index (κ2) is 8.13. The lowest BCUT2D eigenvalue weighted by Crippen LogP contribution is -2.54. The molecular formula is C22H26F2N2O2S. The van der Waals surface area contributed by atoms with E-state index in [4.69, 9.17) is 0 Å². The van der Waals surface area contributed by atoms with E-state index in [1.165, 1.54) is 17.7 Å². The number of hydrogen-bond acceptors (Lipinski definition) is 4. The molecule has 1 aromatic carbocycles. The van der Waals surface area contributed by atoms with E-state index in [0.717, 1.165) is 23.8 Å². The van der Waals surface area contributed by atoms with Crippen LogP contribution in [0.2, 0.25) is 0 Å². The first kappa shape index (κ1) is 20.4. The summed E-state index contributed by atoms with van der Waals surface area (Å²) < 4.78 is 27.2. The number of thiophene rings is 1. The van der Waals surface area contributed by atoms with Crippen LogP contribution in [-0.4, -0.2) is 40.1 Å². The first-order valence-electron chi connectivity index (χ1n) is 10.0. The molecule has 2 saturated heterocycles. The van der Waals surface area contributed by atoms with Gasteiger partial charge in [0, 0.05) is 29.4 Å². The van der Waals surface area contributed by atoms with Crippen molar-refractivity contribution in [3.63, 3.8) is 0 Å². The van der Waals surface area contributed by atoms with E-state index < -0.39 is 17.2 Å². The average Bonchev–Trinajstić information content (AvgIpc) is 3.17. The van der Waals surface area contributed by atoms with Crippen LogP contribution in [0.1, 0.15) is 41.7 Å². The van der Waals surface area contributed by atoms with Crippen molar-refractivity contribution in [2.45, 2.75) is 63.3 Å². The molecule has 29 heavy (non-hydrogen) atoms. The summed E-state index contributed by atoms with van der Waals surface area (Å²) in [5.74, 6) is -1.24. The largest absolute Gasteiger partial charge is 0.389 e. The van der Waals surface area contributed by atoms with E-state index in [-0.39, 0.29) is 24.4 Å². The van der Waals surface area contributed by atoms with Gasteiger partial charge in [-0.1, -0.05) is 6.07 Å². The standard InChI is InChI=1S/C22H26F2N2O2S/c1-14-6-7-29-20(14)12-25-21(27)13-26-17-4-5-18(26)11-22(28,10-17)9-15-2-3-16(23)8-19(15)24/h2-3,6-8,17-18,28H,4-5,9-13H2,1H3,(H,25,27). The quantitative estimate of drug-likeness (QED) is 0.752. The summed E-state index contributed by atoms with van der Waals surface area (Å²) in [6.07, 6.45) is 3.02. The van der Waals surface area contributed by atoms with Crippen LogP contribution in [0.5, 0.6) is 0 Å². The molecule has 0 spiro atoms. The second-order valence-electron chi connectivity index (χ2n) is 8.41. The molecule has 1 aromatic heterocycles. The van der Waals surface area contributed by atoms with Gasteiger partial charge in [-0.05, 0) is 61.2 Å². The Kier molecular flexibility index (Phi) is 5.73. The molecule has 2 aliphatic rings. The number of rotatable bonds is 6. The topological polar surface area (TPSA) is 52.6 Å². The molecule has 4 rings (SSSR count). The Morgan fingerprint density at radius 2 is 2.00 bits per heavy atom. The van der Waals surface area contributed by atoms with Crippen LogP contribution in [-0.2, 0) is 17.8 Å². The SMILES string of the molecule is Cc1ccsc1CNC(=O)CN1C2CCC1CC(O)(Cc1ccc(F)cc1F)C2. The monoisotopic (exact) mass is 420 g/mol. The van der Waals surface area contributed by atoms with Gasteiger partial charge in [0.15, 0.2) is 0 Å². The van der Waals surface area contributed by atoms with E-state index in [2.05, 4.69) is 10.2 Å². The summed E-state index contributed by atoms with van der Waals surface area (Å²) in [6.45, 7) is 2.90. The highest BCUT2D eigenvalue weighted by Crippen LogP contribution is 2.42. The van der Waals surface area contributed by atoms with Crippen LogP contribution < -0.4 is 5.32 Å². The molecule has 0 radical (unpaired) electrons. The van der Waals surface area contributed by atoms with Crippen LogP contribution in [0.3, 0.4) is 0 Å². The summed E-state index contributed by atoms with van der Waals surface area (Å²) >= 11 is 1.64. The molecule has 2 atom stereocenters. The fourth-order valence-corrected chi connectivity index (χ4v) is 5.67. The zero-order chi connectivity index (χ0) is 20.6. The Morgan fingerprint density at radius 1 is 1.28 bits per heavy atom. The molecule has 7 heteroatoms. The Bertz CT molecular complexity index is 887. The molecule has 1 amide bonds. The van der Waals surface area contributed by atoms with Crippen molar-refractivity contribution in [1.82, 2.24) is 10.2 Å². The van der Waals surface area contributed by atoms with Gasteiger partial charge in [0.25, 0.3) is 0 Å². The molecule has 2 fully saturated rings. The van der Waals surface area contributed by atoms with Crippen molar-refractivity contribution in [3.8, 4) is 0 Å². The Labute approximate surface area is 173 Å². The average molecular weight is 421 g/mol. The number of hydrogen-bond donors (Lipinski definition) is 2. The molecule has 2 unspecified atom stereocenters. The summed E-state index contributed by atoms with van der Waals surface area (Å²) in [7, 11) is 0. The van der Waals surface area contributed by atoms with Crippen molar-refractivity contribution < 1.29 is 18.7 Å². The van der Waals surface area contributed by atoms with Gasteiger partial charge in [0.2, 0.25) is 5.91 Å². The minimum absolute atomic E-state index is 0.00952. The second-order valence-corrected chi connectivity index (χ2v) is 9.41. The van der Waals surface area contributed by atoms with Crippen LogP contribution in [0.15, 0.2) is 29.6 Å². The number of benzene rings is 1. The molecule has 4 nitrogen and oxygen atoms in total. The Morgan fingerprint density at radius 3 is 2.62 bits per heavy atom. The fraction of sp³-hybridized carbons (Fsp3) is 0.500. The number of nitrogens with one attached hydrogen (secondary N) is 1. The van der Waals surface area contributed by atoms with Crippen LogP contribution in [0.25, 0.3) is 0 Å². The van der Waals surface area contributed by atoms with Gasteiger partial charge in [0.05, 0.1) is 18.7 Å². The predicted molar refractivity (Wildman–Crippen MR) is 109 cm³/mol. The Balaban J connectivity index is 1.36. The highest BCUT2D eigenvalue weighted by molar-refractivity contribution is 7.10. The van der Waals surface area contributed by atoms with Crippen molar-refractivity contribution in [2.75, 3.05) is 6.54 Å². The van der Waals surface area contributed by atoms with E-state index in [1.807, 2.05) is 18.4 Å². The number of carbonyl (C=O) groups is 1. The van der Waals surface area contributed by atoms with Crippen LogP contribution in [0, 0.1) is 18.6 Å². The molecule has 0 saturated carbocycles. The summed E-state index contributed by atoms with van der Waals surface area (Å²) in [6, 6.07) is 5.76. The van der Waals surface area contributed by atoms with Gasteiger partial charge >= 0.3 is 0 Å². The van der Waals surface area contributed by atoms with Gasteiger partial charge in [0.1, 0.15) is 11.6 Å². The van der Waals surface area contributed by atoms with Gasteiger partial charge in [-0.25, -0.2) is 8.78 Å². The van der Waals surface area contributed by atoms with E-state index in [0.29, 0.717) is 31.5 Å². The minimum Gasteiger partial charge on any atom is -0.389 e. The number of halogens is 2. The summed E-state index contributed by atoms with van der Waals surface area (Å²) in [5.41, 5.74) is 0.503. The molecule has 2 aliphatic heterocycles. The molecule has 0 aliphatic carbocycles. The zero-order valence-corrected chi connectivity index (χ0v) is 17.3. The zero-order valence-electron chi connectivity index (χ0n) is 16.5. The number of piperidine rings is 1. The molecular weight excluding hydrogens is 394 g/mol. The predicted octanol–water partition coefficient (Wildman–Crippen LogP) is 3.55. The van der Waals surface area contributed by atoms with Crippen molar-refractivity contribution in [2.24, 2.45) is 0 Å². The van der Waals surface area contributed by atoms with E-state index in [1.54, 1.807) is 11.3 Å². The highest BCUT2D eigenvalue weighted by Gasteiger charge is 2.48. The van der Waals surface area contributed by atoms with E-state index in [9.17, 15) is 18.7 Å². The number of fused-ring (bicyclic) bond motifs is 2. The first-order chi connectivity index (χ1) is 13.8. The van der Waals surface area contributed by atoms with Gasteiger partial charge in [-0.2, -0.15) is 0 Å². The van der Waals surface area contributed by atoms with E-state index >= 15 is 0 Å². The third-order valence-electron chi connectivity index (χ3n) is 6.28. The number of amides is 1. The van der Waals surface area contributed by atoms with Crippen molar-refractivity contribution in [3.05, 3.63) is 57.3 Å². The lowest BCUT2D eigenvalue weighted by atomic mass is 9.81. The van der Waals surface area contributed by atoms with Gasteiger partial charge in [-0.3, -0.25) is 9.69 Å². The third-order valence-corrected chi connectivity index (χ3v) is 7.30. The minimum atomic E-state index is -1.02. The lowest BCUT2D eigenvalue weighted by molar-refractivity contribution is -0.125. The van der Waals surface area contributed by atoms with Gasteiger partial charge in [-0.15, -0.1) is 11.3 Å². The molecule has 3 heterocycles. The third kappa shape index (κ3) is 4.52. The maximum atomic E-state index is 14.1. The number of nitrogens with zero attached hydrogens (tertiary/aromatic N) is 1. The summed E-state index contributed by atoms with van der Waals surface area (Å²) in [4.78, 5) is 15.8. The molecule has 2 N–H and O–H groups in total. The lowest BCUT2D eigenvalue weighted by Gasteiger charge is -2.43. The highest BCUT2D eigenvalue weighted by atomic mass is 32.1. The number of aryl methyl sites for hydroxylation is 1.